The van der Waals surface area contributed by atoms with Gasteiger partial charge in [-0.1, -0.05) is 6.92 Å². The van der Waals surface area contributed by atoms with Crippen molar-refractivity contribution in [2.24, 2.45) is 5.92 Å². The van der Waals surface area contributed by atoms with Crippen LogP contribution in [0.3, 0.4) is 0 Å². The van der Waals surface area contributed by atoms with Crippen molar-refractivity contribution in [2.75, 3.05) is 6.54 Å². The third kappa shape index (κ3) is 2.71. The molecule has 1 aliphatic heterocycles. The van der Waals surface area contributed by atoms with Crippen molar-refractivity contribution in [1.29, 1.82) is 0 Å². The normalized spacial score (nSPS) is 23.7. The number of amides is 1. The minimum Gasteiger partial charge on any atom is -0.481 e. The number of aliphatic carboxylic acids is 1. The van der Waals surface area contributed by atoms with Gasteiger partial charge in [-0.25, -0.2) is 0 Å². The van der Waals surface area contributed by atoms with Crippen molar-refractivity contribution >= 4 is 11.9 Å². The van der Waals surface area contributed by atoms with Crippen LogP contribution in [0.15, 0.2) is 16.7 Å². The Hall–Kier alpha value is -1.78. The summed E-state index contributed by atoms with van der Waals surface area (Å²) in [5.41, 5.74) is 0.900. The van der Waals surface area contributed by atoms with Crippen LogP contribution in [0.25, 0.3) is 0 Å². The van der Waals surface area contributed by atoms with Crippen LogP contribution in [-0.4, -0.2) is 28.4 Å². The third-order valence-corrected chi connectivity index (χ3v) is 3.90. The van der Waals surface area contributed by atoms with Gasteiger partial charge in [-0.15, -0.1) is 0 Å². The molecule has 0 spiro atoms. The van der Waals surface area contributed by atoms with E-state index in [1.165, 1.54) is 0 Å². The quantitative estimate of drug-likeness (QED) is 0.920. The Labute approximate surface area is 118 Å². The van der Waals surface area contributed by atoms with E-state index in [9.17, 15) is 14.7 Å². The molecule has 2 rings (SSSR count). The van der Waals surface area contributed by atoms with Gasteiger partial charge in [0, 0.05) is 13.0 Å². The minimum atomic E-state index is -0.860. The summed E-state index contributed by atoms with van der Waals surface area (Å²) in [4.78, 5) is 25.6. The first kappa shape index (κ1) is 14.6. The molecule has 0 aliphatic carbocycles. The highest BCUT2D eigenvalue weighted by Gasteiger charge is 2.40. The number of carboxylic acid groups (broad SMARTS) is 1. The molecule has 1 aromatic rings. The molecule has 1 fully saturated rings. The van der Waals surface area contributed by atoms with Crippen LogP contribution < -0.4 is 0 Å². The summed E-state index contributed by atoms with van der Waals surface area (Å²) in [5, 5.41) is 9.52. The van der Waals surface area contributed by atoms with E-state index in [1.54, 1.807) is 11.2 Å². The number of nitrogens with zero attached hydrogens (tertiary/aromatic N) is 1. The largest absolute Gasteiger partial charge is 0.481 e. The van der Waals surface area contributed by atoms with Crippen LogP contribution in [0, 0.1) is 12.8 Å². The number of likely N-dealkylation sites (tertiary alicyclic amines) is 1. The second kappa shape index (κ2) is 6.11. The Morgan fingerprint density at radius 3 is 2.85 bits per heavy atom. The summed E-state index contributed by atoms with van der Waals surface area (Å²) < 4.78 is 5.51. The number of carboxylic acids is 1. The van der Waals surface area contributed by atoms with Gasteiger partial charge in [-0.2, -0.15) is 0 Å². The monoisotopic (exact) mass is 279 g/mol. The smallest absolute Gasteiger partial charge is 0.309 e. The second-order valence-electron chi connectivity index (χ2n) is 5.34. The zero-order valence-electron chi connectivity index (χ0n) is 12.0. The topological polar surface area (TPSA) is 70.8 Å². The summed E-state index contributed by atoms with van der Waals surface area (Å²) in [7, 11) is 0. The number of aryl methyl sites for hydroxylation is 1. The van der Waals surface area contributed by atoms with E-state index in [1.807, 2.05) is 19.9 Å². The van der Waals surface area contributed by atoms with Crippen LogP contribution in [0.1, 0.15) is 50.0 Å². The lowest BCUT2D eigenvalue weighted by molar-refractivity contribution is -0.146. The molecule has 1 saturated heterocycles. The first-order chi connectivity index (χ1) is 9.56. The molecule has 2 heterocycles. The summed E-state index contributed by atoms with van der Waals surface area (Å²) in [5.74, 6) is -0.822. The molecule has 1 N–H and O–H groups in total. The number of hydrogen-bond acceptors (Lipinski definition) is 3. The molecule has 0 radical (unpaired) electrons. The average molecular weight is 279 g/mol. The van der Waals surface area contributed by atoms with E-state index >= 15 is 0 Å². The summed E-state index contributed by atoms with van der Waals surface area (Å²) in [6, 6.07) is 1.32. The van der Waals surface area contributed by atoms with Gasteiger partial charge in [-0.05, 0) is 37.8 Å². The van der Waals surface area contributed by atoms with Crippen molar-refractivity contribution in [2.45, 2.75) is 45.6 Å². The number of carbonyl (C=O) groups excluding carboxylic acids is 1. The highest BCUT2D eigenvalue weighted by Crippen LogP contribution is 2.37. The Morgan fingerprint density at radius 1 is 1.55 bits per heavy atom. The SMILES string of the molecule is CCCN1C(=O)CCCC(C(=O)O)C1c1occc1C. The van der Waals surface area contributed by atoms with Gasteiger partial charge in [0.2, 0.25) is 5.91 Å². The molecule has 0 bridgehead atoms. The molecule has 110 valence electrons. The number of rotatable bonds is 4. The molecule has 2 atom stereocenters. The summed E-state index contributed by atoms with van der Waals surface area (Å²) in [6.07, 6.45) is 3.90. The van der Waals surface area contributed by atoms with Crippen molar-refractivity contribution in [1.82, 2.24) is 4.90 Å². The molecule has 2 unspecified atom stereocenters. The summed E-state index contributed by atoms with van der Waals surface area (Å²) in [6.45, 7) is 4.44. The van der Waals surface area contributed by atoms with E-state index < -0.39 is 17.9 Å². The van der Waals surface area contributed by atoms with Gasteiger partial charge < -0.3 is 14.4 Å². The Morgan fingerprint density at radius 2 is 2.30 bits per heavy atom. The lowest BCUT2D eigenvalue weighted by atomic mass is 9.91. The standard InChI is InChI=1S/C15H21NO4/c1-3-8-16-12(17)6-4-5-11(15(18)19)13(16)14-10(2)7-9-20-14/h7,9,11,13H,3-6,8H2,1-2H3,(H,18,19). The number of carbonyl (C=O) groups is 2. The molecule has 5 heteroatoms. The van der Waals surface area contributed by atoms with Crippen LogP contribution in [0.5, 0.6) is 0 Å². The molecule has 1 amide bonds. The van der Waals surface area contributed by atoms with Gasteiger partial charge in [-0.3, -0.25) is 9.59 Å². The number of furan rings is 1. The molecule has 1 aromatic heterocycles. The molecule has 20 heavy (non-hydrogen) atoms. The molecular weight excluding hydrogens is 258 g/mol. The lowest BCUT2D eigenvalue weighted by Crippen LogP contribution is -2.39. The molecule has 0 saturated carbocycles. The fourth-order valence-electron chi connectivity index (χ4n) is 2.92. The van der Waals surface area contributed by atoms with Gasteiger partial charge in [0.1, 0.15) is 11.8 Å². The van der Waals surface area contributed by atoms with E-state index in [-0.39, 0.29) is 5.91 Å². The van der Waals surface area contributed by atoms with E-state index in [0.717, 1.165) is 12.0 Å². The maximum atomic E-state index is 12.3. The highest BCUT2D eigenvalue weighted by atomic mass is 16.4. The van der Waals surface area contributed by atoms with Crippen molar-refractivity contribution in [3.05, 3.63) is 23.7 Å². The third-order valence-electron chi connectivity index (χ3n) is 3.90. The van der Waals surface area contributed by atoms with Gasteiger partial charge in [0.15, 0.2) is 0 Å². The minimum absolute atomic E-state index is 0.0244. The predicted molar refractivity (Wildman–Crippen MR) is 73.2 cm³/mol. The fraction of sp³-hybridized carbons (Fsp3) is 0.600. The fourth-order valence-corrected chi connectivity index (χ4v) is 2.92. The van der Waals surface area contributed by atoms with Crippen molar-refractivity contribution < 1.29 is 19.1 Å². The number of hydrogen-bond donors (Lipinski definition) is 1. The van der Waals surface area contributed by atoms with E-state index in [4.69, 9.17) is 4.42 Å². The van der Waals surface area contributed by atoms with Crippen molar-refractivity contribution in [3.63, 3.8) is 0 Å². The van der Waals surface area contributed by atoms with Gasteiger partial charge >= 0.3 is 5.97 Å². The van der Waals surface area contributed by atoms with Crippen molar-refractivity contribution in [3.8, 4) is 0 Å². The Bertz CT molecular complexity index is 494. The molecule has 5 nitrogen and oxygen atoms in total. The second-order valence-corrected chi connectivity index (χ2v) is 5.34. The van der Waals surface area contributed by atoms with E-state index in [2.05, 4.69) is 0 Å². The molecular formula is C15H21NO4. The summed E-state index contributed by atoms with van der Waals surface area (Å²) >= 11 is 0. The van der Waals surface area contributed by atoms with E-state index in [0.29, 0.717) is 31.6 Å². The highest BCUT2D eigenvalue weighted by molar-refractivity contribution is 5.79. The molecule has 1 aliphatic rings. The van der Waals surface area contributed by atoms with Crippen LogP contribution in [0.2, 0.25) is 0 Å². The van der Waals surface area contributed by atoms with Gasteiger partial charge in [0.25, 0.3) is 0 Å². The van der Waals surface area contributed by atoms with Crippen LogP contribution in [0.4, 0.5) is 0 Å². The average Bonchev–Trinajstić information content (AvgIpc) is 2.74. The first-order valence-corrected chi connectivity index (χ1v) is 7.12. The lowest BCUT2D eigenvalue weighted by Gasteiger charge is -2.32. The maximum Gasteiger partial charge on any atom is 0.309 e. The zero-order valence-corrected chi connectivity index (χ0v) is 12.0. The zero-order chi connectivity index (χ0) is 14.7. The van der Waals surface area contributed by atoms with Crippen LogP contribution in [-0.2, 0) is 9.59 Å². The maximum absolute atomic E-state index is 12.3. The molecule has 0 aromatic carbocycles. The predicted octanol–water partition coefficient (Wildman–Crippen LogP) is 2.75. The van der Waals surface area contributed by atoms with Crippen LogP contribution >= 0.6 is 0 Å². The van der Waals surface area contributed by atoms with Gasteiger partial charge in [0.05, 0.1) is 12.2 Å². The first-order valence-electron chi connectivity index (χ1n) is 7.12. The Kier molecular flexibility index (Phi) is 4.47. The Balaban J connectivity index is 2.46.